The fourth-order valence-electron chi connectivity index (χ4n) is 2.23. The maximum absolute atomic E-state index is 12.5. The zero-order chi connectivity index (χ0) is 20.0. The molecule has 0 atom stereocenters. The van der Waals surface area contributed by atoms with Crippen LogP contribution in [0.2, 0.25) is 5.02 Å². The molecule has 0 aromatic heterocycles. The highest BCUT2D eigenvalue weighted by molar-refractivity contribution is 7.98. The van der Waals surface area contributed by atoms with Crippen molar-refractivity contribution in [3.63, 3.8) is 0 Å². The number of sulfonamides is 1. The maximum Gasteiger partial charge on any atom is 0.240 e. The van der Waals surface area contributed by atoms with Crippen molar-refractivity contribution in [3.8, 4) is 5.75 Å². The fourth-order valence-corrected chi connectivity index (χ4v) is 3.98. The van der Waals surface area contributed by atoms with E-state index in [0.717, 1.165) is 10.5 Å². The summed E-state index contributed by atoms with van der Waals surface area (Å²) in [5.74, 6) is 0.306. The van der Waals surface area contributed by atoms with Crippen LogP contribution in [0, 0.1) is 6.92 Å². The molecule has 2 aromatic carbocycles. The second-order valence-corrected chi connectivity index (χ2v) is 8.72. The summed E-state index contributed by atoms with van der Waals surface area (Å²) < 4.78 is 32.9. The van der Waals surface area contributed by atoms with E-state index in [-0.39, 0.29) is 24.0 Å². The molecule has 1 amide bonds. The Labute approximate surface area is 168 Å². The van der Waals surface area contributed by atoms with Gasteiger partial charge in [-0.2, -0.15) is 0 Å². The monoisotopic (exact) mass is 428 g/mol. The first-order chi connectivity index (χ1) is 12.7. The molecule has 2 N–H and O–H groups in total. The first-order valence-corrected chi connectivity index (χ1v) is 11.2. The van der Waals surface area contributed by atoms with Crippen LogP contribution in [0.15, 0.2) is 46.2 Å². The van der Waals surface area contributed by atoms with Crippen molar-refractivity contribution in [2.75, 3.05) is 24.7 Å². The van der Waals surface area contributed by atoms with Gasteiger partial charge in [-0.1, -0.05) is 17.7 Å². The molecule has 0 heterocycles. The number of carbonyl (C=O) groups is 1. The van der Waals surface area contributed by atoms with E-state index in [2.05, 4.69) is 10.0 Å². The number of hydrogen-bond donors (Lipinski definition) is 2. The standard InChI is InChI=1S/C18H21ClN2O4S2/c1-12-4-5-14(10-16(12)19)25-9-8-20-27(23,24)15-6-7-18(26-3)17(11-15)21-13(2)22/h4-7,10-11,20H,8-9H2,1-3H3,(H,21,22). The summed E-state index contributed by atoms with van der Waals surface area (Å²) in [5, 5.41) is 3.24. The molecule has 2 rings (SSSR count). The first kappa shape index (κ1) is 21.6. The molecule has 6 nitrogen and oxygen atoms in total. The molecule has 0 bridgehead atoms. The van der Waals surface area contributed by atoms with Gasteiger partial charge < -0.3 is 10.1 Å². The van der Waals surface area contributed by atoms with Crippen LogP contribution in [-0.4, -0.2) is 33.7 Å². The zero-order valence-electron chi connectivity index (χ0n) is 15.2. The molecular weight excluding hydrogens is 408 g/mol. The smallest absolute Gasteiger partial charge is 0.240 e. The van der Waals surface area contributed by atoms with Crippen LogP contribution in [0.3, 0.4) is 0 Å². The normalized spacial score (nSPS) is 11.3. The topological polar surface area (TPSA) is 84.5 Å². The van der Waals surface area contributed by atoms with E-state index in [0.29, 0.717) is 16.5 Å². The van der Waals surface area contributed by atoms with Crippen molar-refractivity contribution >= 4 is 45.0 Å². The number of anilines is 1. The number of nitrogens with one attached hydrogen (secondary N) is 2. The Morgan fingerprint density at radius 2 is 1.96 bits per heavy atom. The number of hydrogen-bond acceptors (Lipinski definition) is 5. The van der Waals surface area contributed by atoms with Crippen LogP contribution < -0.4 is 14.8 Å². The third kappa shape index (κ3) is 6.14. The molecule has 0 spiro atoms. The quantitative estimate of drug-likeness (QED) is 0.494. The molecule has 0 aliphatic carbocycles. The third-order valence-corrected chi connectivity index (χ3v) is 6.26. The highest BCUT2D eigenvalue weighted by atomic mass is 35.5. The SMILES string of the molecule is CSc1ccc(S(=O)(=O)NCCOc2ccc(C)c(Cl)c2)cc1NC(C)=O. The zero-order valence-corrected chi connectivity index (χ0v) is 17.6. The molecule has 0 aliphatic heterocycles. The van der Waals surface area contributed by atoms with Gasteiger partial charge >= 0.3 is 0 Å². The van der Waals surface area contributed by atoms with Crippen LogP contribution in [0.5, 0.6) is 5.75 Å². The Morgan fingerprint density at radius 3 is 2.59 bits per heavy atom. The molecule has 27 heavy (non-hydrogen) atoms. The highest BCUT2D eigenvalue weighted by Gasteiger charge is 2.16. The van der Waals surface area contributed by atoms with Crippen LogP contribution in [0.4, 0.5) is 5.69 Å². The van der Waals surface area contributed by atoms with Crippen LogP contribution in [-0.2, 0) is 14.8 Å². The molecule has 0 saturated carbocycles. The van der Waals surface area contributed by atoms with E-state index in [1.54, 1.807) is 18.2 Å². The lowest BCUT2D eigenvalue weighted by atomic mass is 10.2. The van der Waals surface area contributed by atoms with E-state index in [4.69, 9.17) is 16.3 Å². The van der Waals surface area contributed by atoms with E-state index in [9.17, 15) is 13.2 Å². The van der Waals surface area contributed by atoms with Crippen molar-refractivity contribution in [2.24, 2.45) is 0 Å². The molecule has 0 saturated heterocycles. The number of thioether (sulfide) groups is 1. The predicted molar refractivity (Wildman–Crippen MR) is 109 cm³/mol. The van der Waals surface area contributed by atoms with E-state index >= 15 is 0 Å². The number of rotatable bonds is 8. The summed E-state index contributed by atoms with van der Waals surface area (Å²) in [7, 11) is -3.73. The minimum Gasteiger partial charge on any atom is -0.492 e. The van der Waals surface area contributed by atoms with Gasteiger partial charge in [0.2, 0.25) is 15.9 Å². The van der Waals surface area contributed by atoms with E-state index < -0.39 is 10.0 Å². The number of ether oxygens (including phenoxy) is 1. The summed E-state index contributed by atoms with van der Waals surface area (Å²) in [6.07, 6.45) is 1.85. The average molecular weight is 429 g/mol. The van der Waals surface area contributed by atoms with Crippen molar-refractivity contribution < 1.29 is 17.9 Å². The number of amides is 1. The van der Waals surface area contributed by atoms with Crippen LogP contribution in [0.1, 0.15) is 12.5 Å². The molecule has 0 aliphatic rings. The van der Waals surface area contributed by atoms with Gasteiger partial charge in [-0.15, -0.1) is 11.8 Å². The second kappa shape index (κ2) is 9.45. The minimum absolute atomic E-state index is 0.0717. The number of halogens is 1. The number of aryl methyl sites for hydroxylation is 1. The lowest BCUT2D eigenvalue weighted by molar-refractivity contribution is -0.114. The van der Waals surface area contributed by atoms with E-state index in [1.165, 1.54) is 30.8 Å². The summed E-state index contributed by atoms with van der Waals surface area (Å²) in [5.41, 5.74) is 1.40. The van der Waals surface area contributed by atoms with Gasteiger partial charge in [0.15, 0.2) is 0 Å². The fraction of sp³-hybridized carbons (Fsp3) is 0.278. The number of benzene rings is 2. The van der Waals surface area contributed by atoms with Crippen LogP contribution in [0.25, 0.3) is 0 Å². The molecule has 9 heteroatoms. The van der Waals surface area contributed by atoms with Gasteiger partial charge in [-0.25, -0.2) is 13.1 Å². The van der Waals surface area contributed by atoms with Crippen molar-refractivity contribution in [3.05, 3.63) is 47.0 Å². The second-order valence-electron chi connectivity index (χ2n) is 5.70. The third-order valence-electron chi connectivity index (χ3n) is 3.60. The molecule has 0 unspecified atom stereocenters. The van der Waals surface area contributed by atoms with Crippen molar-refractivity contribution in [1.29, 1.82) is 0 Å². The van der Waals surface area contributed by atoms with Crippen molar-refractivity contribution in [1.82, 2.24) is 4.72 Å². The van der Waals surface area contributed by atoms with Gasteiger partial charge in [-0.05, 0) is 49.1 Å². The van der Waals surface area contributed by atoms with E-state index in [1.807, 2.05) is 19.2 Å². The first-order valence-electron chi connectivity index (χ1n) is 8.07. The largest absolute Gasteiger partial charge is 0.492 e. The molecule has 0 fully saturated rings. The van der Waals surface area contributed by atoms with Crippen molar-refractivity contribution in [2.45, 2.75) is 23.6 Å². The Hall–Kier alpha value is -1.74. The highest BCUT2D eigenvalue weighted by Crippen LogP contribution is 2.28. The molecule has 2 aromatic rings. The van der Waals surface area contributed by atoms with Gasteiger partial charge in [-0.3, -0.25) is 4.79 Å². The minimum atomic E-state index is -3.73. The van der Waals surface area contributed by atoms with Gasteiger partial charge in [0.05, 0.1) is 10.6 Å². The average Bonchev–Trinajstić information content (AvgIpc) is 2.61. The predicted octanol–water partition coefficient (Wildman–Crippen LogP) is 3.69. The van der Waals surface area contributed by atoms with Gasteiger partial charge in [0, 0.05) is 23.4 Å². The molecule has 0 radical (unpaired) electrons. The lowest BCUT2D eigenvalue weighted by Gasteiger charge is -2.12. The molecule has 146 valence electrons. The Bertz CT molecular complexity index is 933. The van der Waals surface area contributed by atoms with Gasteiger partial charge in [0.25, 0.3) is 0 Å². The van der Waals surface area contributed by atoms with Crippen LogP contribution >= 0.6 is 23.4 Å². The summed E-state index contributed by atoms with van der Waals surface area (Å²) in [6.45, 7) is 3.50. The summed E-state index contributed by atoms with van der Waals surface area (Å²) in [4.78, 5) is 12.2. The summed E-state index contributed by atoms with van der Waals surface area (Å²) >= 11 is 7.45. The Balaban J connectivity index is 2.01. The Kier molecular flexibility index (Phi) is 7.55. The number of carbonyl (C=O) groups excluding carboxylic acids is 1. The lowest BCUT2D eigenvalue weighted by Crippen LogP contribution is -2.28. The molecular formula is C18H21ClN2O4S2. The Morgan fingerprint density at radius 1 is 1.22 bits per heavy atom. The summed E-state index contributed by atoms with van der Waals surface area (Å²) in [6, 6.07) is 9.90. The maximum atomic E-state index is 12.5. The van der Waals surface area contributed by atoms with Gasteiger partial charge in [0.1, 0.15) is 12.4 Å².